The third-order valence-electron chi connectivity index (χ3n) is 4.03. The summed E-state index contributed by atoms with van der Waals surface area (Å²) in [6, 6.07) is 15.7. The number of H-pyrrole nitrogens is 1. The summed E-state index contributed by atoms with van der Waals surface area (Å²) in [5.74, 6) is 0.193. The number of nitrogens with zero attached hydrogens (tertiary/aromatic N) is 1. The normalized spacial score (nSPS) is 12.2. The van der Waals surface area contributed by atoms with Crippen molar-refractivity contribution < 1.29 is 9.18 Å². The van der Waals surface area contributed by atoms with Gasteiger partial charge in [0, 0.05) is 6.08 Å². The zero-order valence-electron chi connectivity index (χ0n) is 14.4. The largest absolute Gasteiger partial charge is 0.343 e. The Kier molecular flexibility index (Phi) is 5.59. The minimum Gasteiger partial charge on any atom is -0.343 e. The van der Waals surface area contributed by atoms with Gasteiger partial charge < -0.3 is 10.3 Å². The van der Waals surface area contributed by atoms with Crippen molar-refractivity contribution >= 4 is 12.0 Å². The number of imidazole rings is 1. The smallest absolute Gasteiger partial charge is 0.244 e. The lowest BCUT2D eigenvalue weighted by molar-refractivity contribution is -0.117. The van der Waals surface area contributed by atoms with Gasteiger partial charge >= 0.3 is 0 Å². The van der Waals surface area contributed by atoms with Crippen molar-refractivity contribution in [1.29, 1.82) is 0 Å². The van der Waals surface area contributed by atoms with Crippen LogP contribution in [-0.4, -0.2) is 15.9 Å². The van der Waals surface area contributed by atoms with Gasteiger partial charge in [-0.2, -0.15) is 0 Å². The molecule has 0 bridgehead atoms. The molecule has 0 aliphatic heterocycles. The summed E-state index contributed by atoms with van der Waals surface area (Å²) in [6.45, 7) is 1.99. The highest BCUT2D eigenvalue weighted by Gasteiger charge is 2.15. The van der Waals surface area contributed by atoms with Gasteiger partial charge in [0.15, 0.2) is 0 Å². The average Bonchev–Trinajstić information content (AvgIpc) is 3.16. The number of aromatic nitrogens is 2. The molecule has 5 heteroatoms. The number of nitrogens with one attached hydrogen (secondary N) is 2. The number of rotatable bonds is 6. The van der Waals surface area contributed by atoms with E-state index in [2.05, 4.69) is 15.3 Å². The lowest BCUT2D eigenvalue weighted by Gasteiger charge is -2.13. The second-order valence-corrected chi connectivity index (χ2v) is 5.90. The van der Waals surface area contributed by atoms with Crippen molar-refractivity contribution in [3.8, 4) is 11.3 Å². The number of carbonyl (C=O) groups is 1. The summed E-state index contributed by atoms with van der Waals surface area (Å²) >= 11 is 0. The molecule has 0 saturated heterocycles. The van der Waals surface area contributed by atoms with E-state index in [9.17, 15) is 9.18 Å². The number of hydrogen-bond acceptors (Lipinski definition) is 2. The number of halogens is 1. The highest BCUT2D eigenvalue weighted by atomic mass is 19.1. The second-order valence-electron chi connectivity index (χ2n) is 5.90. The molecule has 1 aromatic heterocycles. The highest BCUT2D eigenvalue weighted by Crippen LogP contribution is 2.20. The van der Waals surface area contributed by atoms with Crippen molar-refractivity contribution in [3.05, 3.63) is 84.1 Å². The quantitative estimate of drug-likeness (QED) is 0.644. The molecule has 0 aliphatic carbocycles. The Morgan fingerprint density at radius 2 is 1.92 bits per heavy atom. The van der Waals surface area contributed by atoms with E-state index in [1.807, 2.05) is 37.3 Å². The van der Waals surface area contributed by atoms with Crippen LogP contribution in [0.25, 0.3) is 17.3 Å². The molecule has 1 heterocycles. The van der Waals surface area contributed by atoms with E-state index in [0.29, 0.717) is 6.42 Å². The predicted molar refractivity (Wildman–Crippen MR) is 101 cm³/mol. The zero-order valence-corrected chi connectivity index (χ0v) is 14.4. The Balaban J connectivity index is 1.66. The molecule has 1 unspecified atom stereocenters. The SMILES string of the molecule is CCC(NC(=O)/C=C/c1ccc(F)cc1)c1ncc(-c2ccccc2)[nH]1. The number of carbonyl (C=O) groups excluding carboxylic acids is 1. The Labute approximate surface area is 151 Å². The molecule has 3 aromatic rings. The fourth-order valence-corrected chi connectivity index (χ4v) is 2.61. The number of amides is 1. The fraction of sp³-hybridized carbons (Fsp3) is 0.143. The first-order valence-electron chi connectivity index (χ1n) is 8.50. The maximum absolute atomic E-state index is 12.9. The summed E-state index contributed by atoms with van der Waals surface area (Å²) < 4.78 is 12.9. The van der Waals surface area contributed by atoms with Gasteiger partial charge in [-0.15, -0.1) is 0 Å². The molecule has 3 rings (SSSR count). The monoisotopic (exact) mass is 349 g/mol. The third-order valence-corrected chi connectivity index (χ3v) is 4.03. The lowest BCUT2D eigenvalue weighted by Crippen LogP contribution is -2.27. The first-order chi connectivity index (χ1) is 12.7. The van der Waals surface area contributed by atoms with Crippen molar-refractivity contribution in [2.75, 3.05) is 0 Å². The van der Waals surface area contributed by atoms with E-state index in [1.165, 1.54) is 18.2 Å². The highest BCUT2D eigenvalue weighted by molar-refractivity contribution is 5.91. The predicted octanol–water partition coefficient (Wildman–Crippen LogP) is 4.50. The van der Waals surface area contributed by atoms with Crippen molar-refractivity contribution in [3.63, 3.8) is 0 Å². The van der Waals surface area contributed by atoms with E-state index in [1.54, 1.807) is 24.4 Å². The molecule has 1 atom stereocenters. The second kappa shape index (κ2) is 8.25. The van der Waals surface area contributed by atoms with Crippen molar-refractivity contribution in [2.24, 2.45) is 0 Å². The van der Waals surface area contributed by atoms with Crippen LogP contribution in [0.4, 0.5) is 4.39 Å². The molecule has 4 nitrogen and oxygen atoms in total. The number of hydrogen-bond donors (Lipinski definition) is 2. The maximum Gasteiger partial charge on any atom is 0.244 e. The van der Waals surface area contributed by atoms with Gasteiger partial charge in [-0.05, 0) is 35.8 Å². The first kappa shape index (κ1) is 17.6. The summed E-state index contributed by atoms with van der Waals surface area (Å²) in [4.78, 5) is 19.9. The zero-order chi connectivity index (χ0) is 18.4. The third kappa shape index (κ3) is 4.45. The molecule has 0 fully saturated rings. The van der Waals surface area contributed by atoms with Crippen LogP contribution in [0.15, 0.2) is 66.9 Å². The van der Waals surface area contributed by atoms with Crippen LogP contribution in [0, 0.1) is 5.82 Å². The van der Waals surface area contributed by atoms with Crippen molar-refractivity contribution in [2.45, 2.75) is 19.4 Å². The Morgan fingerprint density at radius 1 is 1.19 bits per heavy atom. The molecule has 0 saturated carbocycles. The minimum absolute atomic E-state index is 0.210. The van der Waals surface area contributed by atoms with Crippen LogP contribution in [0.1, 0.15) is 30.8 Å². The molecule has 2 aromatic carbocycles. The van der Waals surface area contributed by atoms with Gasteiger partial charge in [0.1, 0.15) is 11.6 Å². The molecule has 132 valence electrons. The number of benzene rings is 2. The van der Waals surface area contributed by atoms with Crippen LogP contribution in [0.2, 0.25) is 0 Å². The summed E-state index contributed by atoms with van der Waals surface area (Å²) in [6.07, 6.45) is 5.57. The lowest BCUT2D eigenvalue weighted by atomic mass is 10.2. The topological polar surface area (TPSA) is 57.8 Å². The molecule has 1 amide bonds. The Bertz CT molecular complexity index is 885. The molecule has 2 N–H and O–H groups in total. The van der Waals surface area contributed by atoms with Gasteiger partial charge in [0.25, 0.3) is 0 Å². The van der Waals surface area contributed by atoms with Crippen LogP contribution < -0.4 is 5.32 Å². The number of aromatic amines is 1. The minimum atomic E-state index is -0.301. The molecular weight excluding hydrogens is 329 g/mol. The standard InChI is InChI=1S/C21H20FN3O/c1-2-18(21-23-14-19(25-21)16-6-4-3-5-7-16)24-20(26)13-10-15-8-11-17(22)12-9-15/h3-14,18H,2H2,1H3,(H,23,25)(H,24,26)/b13-10+. The first-order valence-corrected chi connectivity index (χ1v) is 8.50. The van der Waals surface area contributed by atoms with Gasteiger partial charge in [-0.25, -0.2) is 9.37 Å². The molecule has 0 spiro atoms. The fourth-order valence-electron chi connectivity index (χ4n) is 2.61. The molecule has 0 radical (unpaired) electrons. The van der Waals surface area contributed by atoms with Gasteiger partial charge in [0.05, 0.1) is 17.9 Å². The van der Waals surface area contributed by atoms with Crippen LogP contribution in [-0.2, 0) is 4.79 Å². The Hall–Kier alpha value is -3.21. The van der Waals surface area contributed by atoms with E-state index < -0.39 is 0 Å². The van der Waals surface area contributed by atoms with E-state index in [0.717, 1.165) is 22.6 Å². The molecular formula is C21H20FN3O. The van der Waals surface area contributed by atoms with Crippen LogP contribution in [0.3, 0.4) is 0 Å². The van der Waals surface area contributed by atoms with Crippen molar-refractivity contribution in [1.82, 2.24) is 15.3 Å². The summed E-state index contributed by atoms with van der Waals surface area (Å²) in [5, 5.41) is 2.94. The van der Waals surface area contributed by atoms with E-state index >= 15 is 0 Å². The van der Waals surface area contributed by atoms with Gasteiger partial charge in [-0.1, -0.05) is 49.4 Å². The molecule has 0 aliphatic rings. The molecule has 26 heavy (non-hydrogen) atoms. The summed E-state index contributed by atoms with van der Waals surface area (Å²) in [7, 11) is 0. The average molecular weight is 349 g/mol. The van der Waals surface area contributed by atoms with Gasteiger partial charge in [-0.3, -0.25) is 4.79 Å². The Morgan fingerprint density at radius 3 is 2.62 bits per heavy atom. The van der Waals surface area contributed by atoms with E-state index in [4.69, 9.17) is 0 Å². The van der Waals surface area contributed by atoms with Crippen LogP contribution >= 0.6 is 0 Å². The summed E-state index contributed by atoms with van der Waals surface area (Å²) in [5.41, 5.74) is 2.72. The van der Waals surface area contributed by atoms with Gasteiger partial charge in [0.2, 0.25) is 5.91 Å². The maximum atomic E-state index is 12.9. The van der Waals surface area contributed by atoms with E-state index in [-0.39, 0.29) is 17.8 Å². The van der Waals surface area contributed by atoms with Crippen LogP contribution in [0.5, 0.6) is 0 Å².